The Morgan fingerprint density at radius 2 is 1.71 bits per heavy atom. The van der Waals surface area contributed by atoms with Gasteiger partial charge in [0.15, 0.2) is 0 Å². The number of piperidine rings is 1. The molecule has 1 aliphatic carbocycles. The summed E-state index contributed by atoms with van der Waals surface area (Å²) in [6.45, 7) is 1.97. The zero-order chi connectivity index (χ0) is 18.5. The maximum Gasteiger partial charge on any atom is 0.339 e. The van der Waals surface area contributed by atoms with Gasteiger partial charge in [-0.2, -0.15) is 0 Å². The van der Waals surface area contributed by atoms with E-state index in [1.165, 1.54) is 37.7 Å². The fraction of sp³-hybridized carbons (Fsp3) is 0.478. The van der Waals surface area contributed by atoms with Crippen LogP contribution < -0.4 is 0 Å². The van der Waals surface area contributed by atoms with Crippen molar-refractivity contribution < 1.29 is 9.53 Å². The van der Waals surface area contributed by atoms with Crippen LogP contribution in [0.25, 0.3) is 0 Å². The Labute approximate surface area is 173 Å². The van der Waals surface area contributed by atoms with E-state index < -0.39 is 0 Å². The maximum atomic E-state index is 12.3. The lowest BCUT2D eigenvalue weighted by atomic mass is 9.74. The number of hydrogen-bond donors (Lipinski definition) is 0. The van der Waals surface area contributed by atoms with Crippen molar-refractivity contribution in [3.63, 3.8) is 0 Å². The number of nitrogens with zero attached hydrogens (tertiary/aromatic N) is 2. The van der Waals surface area contributed by atoms with Crippen molar-refractivity contribution in [2.75, 3.05) is 13.1 Å². The molecule has 0 unspecified atom stereocenters. The summed E-state index contributed by atoms with van der Waals surface area (Å²) in [6, 6.07) is 14.5. The molecule has 0 spiro atoms. The zero-order valence-corrected chi connectivity index (χ0v) is 17.1. The van der Waals surface area contributed by atoms with Crippen LogP contribution in [0.4, 0.5) is 0 Å². The van der Waals surface area contributed by atoms with E-state index in [-0.39, 0.29) is 30.0 Å². The summed E-state index contributed by atoms with van der Waals surface area (Å²) in [5, 5.41) is 0. The molecule has 2 fully saturated rings. The van der Waals surface area contributed by atoms with E-state index in [0.717, 1.165) is 25.9 Å². The summed E-state index contributed by atoms with van der Waals surface area (Å²) in [5.74, 6) is -0.253. The molecule has 150 valence electrons. The third-order valence-corrected chi connectivity index (χ3v) is 6.21. The molecule has 0 atom stereocenters. The number of halogens is 1. The van der Waals surface area contributed by atoms with Gasteiger partial charge in [0.05, 0.1) is 5.56 Å². The molecule has 1 saturated carbocycles. The SMILES string of the molecule is Cl.O=C(OC1CCN(C2(c3ccccc3)CCCCC2)CC1)c1cccnc1. The molecule has 5 heteroatoms. The molecule has 2 aliphatic rings. The lowest BCUT2D eigenvalue weighted by molar-refractivity contribution is -0.0241. The highest BCUT2D eigenvalue weighted by Gasteiger charge is 2.41. The molecule has 1 aromatic heterocycles. The average molecular weight is 401 g/mol. The van der Waals surface area contributed by atoms with Crippen LogP contribution in [0.5, 0.6) is 0 Å². The molecule has 2 heterocycles. The lowest BCUT2D eigenvalue weighted by Crippen LogP contribution is -2.52. The molecular formula is C23H29ClN2O2. The van der Waals surface area contributed by atoms with Crippen molar-refractivity contribution in [3.8, 4) is 0 Å². The van der Waals surface area contributed by atoms with E-state index >= 15 is 0 Å². The summed E-state index contributed by atoms with van der Waals surface area (Å²) >= 11 is 0. The third kappa shape index (κ3) is 4.39. The van der Waals surface area contributed by atoms with Gasteiger partial charge in [-0.05, 0) is 43.4 Å². The zero-order valence-electron chi connectivity index (χ0n) is 16.3. The highest BCUT2D eigenvalue weighted by atomic mass is 35.5. The first-order chi connectivity index (χ1) is 13.3. The van der Waals surface area contributed by atoms with Crippen LogP contribution in [0.15, 0.2) is 54.9 Å². The molecule has 1 saturated heterocycles. The van der Waals surface area contributed by atoms with Gasteiger partial charge >= 0.3 is 5.97 Å². The number of benzene rings is 1. The summed E-state index contributed by atoms with van der Waals surface area (Å²) < 4.78 is 5.75. The summed E-state index contributed by atoms with van der Waals surface area (Å²) in [4.78, 5) is 19.0. The van der Waals surface area contributed by atoms with E-state index in [9.17, 15) is 4.79 Å². The number of pyridine rings is 1. The van der Waals surface area contributed by atoms with Gasteiger partial charge in [0.2, 0.25) is 0 Å². The second kappa shape index (κ2) is 9.53. The number of esters is 1. The minimum Gasteiger partial charge on any atom is -0.459 e. The highest BCUT2D eigenvalue weighted by molar-refractivity contribution is 5.89. The Bertz CT molecular complexity index is 740. The van der Waals surface area contributed by atoms with Crippen LogP contribution in [-0.2, 0) is 10.3 Å². The Morgan fingerprint density at radius 1 is 1.00 bits per heavy atom. The molecule has 4 nitrogen and oxygen atoms in total. The van der Waals surface area contributed by atoms with Crippen molar-refractivity contribution in [3.05, 3.63) is 66.0 Å². The minimum atomic E-state index is -0.253. The quantitative estimate of drug-likeness (QED) is 0.678. The summed E-state index contributed by atoms with van der Waals surface area (Å²) in [7, 11) is 0. The maximum absolute atomic E-state index is 12.3. The van der Waals surface area contributed by atoms with Crippen molar-refractivity contribution in [2.45, 2.75) is 56.6 Å². The Balaban J connectivity index is 0.00000225. The van der Waals surface area contributed by atoms with Crippen LogP contribution in [0.1, 0.15) is 60.9 Å². The van der Waals surface area contributed by atoms with E-state index in [1.54, 1.807) is 24.5 Å². The van der Waals surface area contributed by atoms with Gasteiger partial charge in [-0.1, -0.05) is 49.6 Å². The molecule has 1 aromatic carbocycles. The molecule has 0 radical (unpaired) electrons. The van der Waals surface area contributed by atoms with Crippen LogP contribution >= 0.6 is 12.4 Å². The lowest BCUT2D eigenvalue weighted by Gasteiger charge is -2.49. The highest BCUT2D eigenvalue weighted by Crippen LogP contribution is 2.43. The number of ether oxygens (including phenoxy) is 1. The first-order valence-corrected chi connectivity index (χ1v) is 10.2. The molecule has 0 amide bonds. The van der Waals surface area contributed by atoms with Crippen LogP contribution in [-0.4, -0.2) is 35.0 Å². The smallest absolute Gasteiger partial charge is 0.339 e. The van der Waals surface area contributed by atoms with Gasteiger partial charge in [-0.25, -0.2) is 4.79 Å². The predicted octanol–water partition coefficient (Wildman–Crippen LogP) is 4.98. The molecule has 4 rings (SSSR count). The predicted molar refractivity (Wildman–Crippen MR) is 113 cm³/mol. The second-order valence-electron chi connectivity index (χ2n) is 7.79. The van der Waals surface area contributed by atoms with Gasteiger partial charge in [-0.15, -0.1) is 12.4 Å². The number of carbonyl (C=O) groups is 1. The molecule has 28 heavy (non-hydrogen) atoms. The van der Waals surface area contributed by atoms with E-state index in [0.29, 0.717) is 5.56 Å². The van der Waals surface area contributed by atoms with E-state index in [4.69, 9.17) is 4.74 Å². The van der Waals surface area contributed by atoms with Crippen molar-refractivity contribution >= 4 is 18.4 Å². The van der Waals surface area contributed by atoms with Gasteiger partial charge in [0.1, 0.15) is 6.10 Å². The molecule has 2 aromatic rings. The van der Waals surface area contributed by atoms with Crippen molar-refractivity contribution in [1.29, 1.82) is 0 Å². The third-order valence-electron chi connectivity index (χ3n) is 6.21. The fourth-order valence-corrected chi connectivity index (χ4v) is 4.78. The number of rotatable bonds is 4. The summed E-state index contributed by atoms with van der Waals surface area (Å²) in [6.07, 6.45) is 11.5. The van der Waals surface area contributed by atoms with Crippen LogP contribution in [0.3, 0.4) is 0 Å². The van der Waals surface area contributed by atoms with Gasteiger partial charge in [0, 0.05) is 31.0 Å². The van der Waals surface area contributed by atoms with E-state index in [1.807, 2.05) is 0 Å². The number of likely N-dealkylation sites (tertiary alicyclic amines) is 1. The number of aromatic nitrogens is 1. The first kappa shape index (κ1) is 20.8. The molecule has 0 N–H and O–H groups in total. The van der Waals surface area contributed by atoms with Crippen LogP contribution in [0.2, 0.25) is 0 Å². The molecule has 1 aliphatic heterocycles. The van der Waals surface area contributed by atoms with E-state index in [2.05, 4.69) is 40.2 Å². The molecule has 0 bridgehead atoms. The van der Waals surface area contributed by atoms with Gasteiger partial charge in [-0.3, -0.25) is 9.88 Å². The van der Waals surface area contributed by atoms with Crippen LogP contribution in [0, 0.1) is 0 Å². The van der Waals surface area contributed by atoms with Gasteiger partial charge < -0.3 is 4.74 Å². The minimum absolute atomic E-state index is 0. The summed E-state index contributed by atoms with van der Waals surface area (Å²) in [5.41, 5.74) is 2.15. The van der Waals surface area contributed by atoms with Gasteiger partial charge in [0.25, 0.3) is 0 Å². The normalized spacial score (nSPS) is 20.1. The topological polar surface area (TPSA) is 42.4 Å². The number of carbonyl (C=O) groups excluding carboxylic acids is 1. The van der Waals surface area contributed by atoms with Crippen molar-refractivity contribution in [2.24, 2.45) is 0 Å². The average Bonchev–Trinajstić information content (AvgIpc) is 2.76. The van der Waals surface area contributed by atoms with Crippen molar-refractivity contribution in [1.82, 2.24) is 9.88 Å². The molecular weight excluding hydrogens is 372 g/mol. The Morgan fingerprint density at radius 3 is 2.36 bits per heavy atom. The monoisotopic (exact) mass is 400 g/mol. The first-order valence-electron chi connectivity index (χ1n) is 10.2. The second-order valence-corrected chi connectivity index (χ2v) is 7.79. The Hall–Kier alpha value is -1.91. The Kier molecular flexibility index (Phi) is 7.08. The number of hydrogen-bond acceptors (Lipinski definition) is 4. The fourth-order valence-electron chi connectivity index (χ4n) is 4.78. The largest absolute Gasteiger partial charge is 0.459 e. The standard InChI is InChI=1S/C23H28N2O2.ClH/c26-22(19-8-7-15-24-18-19)27-21-11-16-25(17-12-21)23(13-5-2-6-14-23)20-9-3-1-4-10-20;/h1,3-4,7-10,15,18,21H,2,5-6,11-14,16-17H2;1H.